The molecular weight excluding hydrogens is 167 g/mol. The Kier molecular flexibility index (Phi) is 2.76. The zero-order valence-electron chi connectivity index (χ0n) is 8.00. The molecule has 2 rings (SSSR count). The third-order valence-electron chi connectivity index (χ3n) is 2.34. The van der Waals surface area contributed by atoms with Crippen molar-refractivity contribution in [2.45, 2.75) is 13.8 Å². The van der Waals surface area contributed by atoms with Crippen LogP contribution in [-0.2, 0) is 0 Å². The summed E-state index contributed by atoms with van der Waals surface area (Å²) in [5.74, 6) is 0. The van der Waals surface area contributed by atoms with Gasteiger partial charge in [-0.3, -0.25) is 4.70 Å². The van der Waals surface area contributed by atoms with Crippen molar-refractivity contribution in [3.05, 3.63) is 18.2 Å². The van der Waals surface area contributed by atoms with Gasteiger partial charge >= 0.3 is 0 Å². The van der Waals surface area contributed by atoms with Crippen molar-refractivity contribution in [3.63, 3.8) is 0 Å². The van der Waals surface area contributed by atoms with Crippen molar-refractivity contribution in [2.75, 3.05) is 23.3 Å². The summed E-state index contributed by atoms with van der Waals surface area (Å²) in [4.78, 5) is 2.36. The van der Waals surface area contributed by atoms with Gasteiger partial charge in [-0.05, 0) is 26.0 Å². The van der Waals surface area contributed by atoms with E-state index in [0.717, 1.165) is 13.1 Å². The molecule has 0 saturated heterocycles. The minimum atomic E-state index is 0. The first-order valence-electron chi connectivity index (χ1n) is 4.51. The molecule has 0 amide bonds. The molecule has 0 radical (unpaired) electrons. The number of anilines is 3. The summed E-state index contributed by atoms with van der Waals surface area (Å²) in [5, 5.41) is 3.27. The molecule has 1 aliphatic heterocycles. The quantitative estimate of drug-likeness (QED) is 0.738. The van der Waals surface area contributed by atoms with E-state index in [1.807, 2.05) is 0 Å². The number of para-hydroxylation sites is 1. The van der Waals surface area contributed by atoms with Crippen LogP contribution in [0.1, 0.15) is 13.8 Å². The van der Waals surface area contributed by atoms with Crippen LogP contribution in [0.4, 0.5) is 21.8 Å². The second-order valence-electron chi connectivity index (χ2n) is 3.00. The van der Waals surface area contributed by atoms with Gasteiger partial charge in [0, 0.05) is 13.1 Å². The average molecular weight is 182 g/mol. The smallest absolute Gasteiger partial charge is 0.0861 e. The predicted molar refractivity (Wildman–Crippen MR) is 55.8 cm³/mol. The molecule has 3 heteroatoms. The Labute approximate surface area is 77.9 Å². The van der Waals surface area contributed by atoms with Gasteiger partial charge in [0.15, 0.2) is 0 Å². The fourth-order valence-corrected chi connectivity index (χ4v) is 1.58. The summed E-state index contributed by atoms with van der Waals surface area (Å²) in [6.07, 6.45) is 0. The first-order chi connectivity index (χ1) is 5.86. The summed E-state index contributed by atoms with van der Waals surface area (Å²) < 4.78 is 0. The third-order valence-corrected chi connectivity index (χ3v) is 2.34. The lowest BCUT2D eigenvalue weighted by Gasteiger charge is -2.19. The molecule has 1 aromatic rings. The van der Waals surface area contributed by atoms with Crippen molar-refractivity contribution < 1.29 is 4.70 Å². The van der Waals surface area contributed by atoms with Crippen molar-refractivity contribution in [1.29, 1.82) is 0 Å². The maximum atomic E-state index is 3.27. The Morgan fingerprint density at radius 1 is 1.23 bits per heavy atom. The summed E-state index contributed by atoms with van der Waals surface area (Å²) >= 11 is 0. The molecule has 0 bridgehead atoms. The molecule has 1 aliphatic rings. The lowest BCUT2D eigenvalue weighted by Crippen LogP contribution is -2.21. The van der Waals surface area contributed by atoms with E-state index in [4.69, 9.17) is 0 Å². The van der Waals surface area contributed by atoms with Gasteiger partial charge in [-0.25, -0.2) is 0 Å². The minimum Gasteiger partial charge on any atom is -0.370 e. The van der Waals surface area contributed by atoms with E-state index in [0.29, 0.717) is 0 Å². The van der Waals surface area contributed by atoms with Crippen molar-refractivity contribution in [2.24, 2.45) is 0 Å². The van der Waals surface area contributed by atoms with Crippen LogP contribution >= 0.6 is 0 Å². The molecule has 0 saturated carbocycles. The number of rotatable bonds is 3. The molecule has 1 aromatic carbocycles. The molecule has 0 unspecified atom stereocenters. The Hall–Kier alpha value is -1.25. The molecule has 0 spiro atoms. The molecular formula is C10H15FN2. The van der Waals surface area contributed by atoms with E-state index in [-0.39, 0.29) is 4.70 Å². The van der Waals surface area contributed by atoms with E-state index in [1.165, 1.54) is 17.1 Å². The Morgan fingerprint density at radius 3 is 2.54 bits per heavy atom. The molecule has 72 valence electrons. The molecule has 2 nitrogen and oxygen atoms in total. The van der Waals surface area contributed by atoms with Crippen molar-refractivity contribution in [3.8, 4) is 0 Å². The monoisotopic (exact) mass is 182 g/mol. The number of nitrogens with zero attached hydrogens (tertiary/aromatic N) is 1. The fraction of sp³-hybridized carbons (Fsp3) is 0.400. The summed E-state index contributed by atoms with van der Waals surface area (Å²) in [6, 6.07) is 6.39. The minimum absolute atomic E-state index is 0. The predicted octanol–water partition coefficient (Wildman–Crippen LogP) is 2.74. The first-order valence-corrected chi connectivity index (χ1v) is 4.51. The second kappa shape index (κ2) is 3.64. The summed E-state index contributed by atoms with van der Waals surface area (Å²) in [6.45, 7) is 6.53. The van der Waals surface area contributed by atoms with Crippen LogP contribution in [0.2, 0.25) is 0 Å². The molecule has 1 N–H and O–H groups in total. The van der Waals surface area contributed by atoms with Crippen LogP contribution in [-0.4, -0.2) is 13.1 Å². The number of fused-ring (bicyclic) bond motifs is 1. The summed E-state index contributed by atoms with van der Waals surface area (Å²) in [5.41, 5.74) is 3.96. The lowest BCUT2D eigenvalue weighted by atomic mass is 10.3. The van der Waals surface area contributed by atoms with E-state index >= 15 is 0 Å². The molecule has 13 heavy (non-hydrogen) atoms. The molecule has 0 fully saturated rings. The highest BCUT2D eigenvalue weighted by Gasteiger charge is 2.21. The fourth-order valence-electron chi connectivity index (χ4n) is 1.58. The highest BCUT2D eigenvalue weighted by Crippen LogP contribution is 2.46. The highest BCUT2D eigenvalue weighted by molar-refractivity contribution is 5.99. The van der Waals surface area contributed by atoms with Crippen LogP contribution < -0.4 is 10.2 Å². The van der Waals surface area contributed by atoms with E-state index in [9.17, 15) is 0 Å². The highest BCUT2D eigenvalue weighted by atomic mass is 19.0. The maximum absolute atomic E-state index is 3.27. The van der Waals surface area contributed by atoms with Crippen molar-refractivity contribution >= 4 is 17.1 Å². The second-order valence-corrected chi connectivity index (χ2v) is 3.00. The molecule has 0 atom stereocenters. The Bertz CT molecular complexity index is 295. The number of hydrogen-bond acceptors (Lipinski definition) is 2. The third kappa shape index (κ3) is 1.59. The summed E-state index contributed by atoms with van der Waals surface area (Å²) in [7, 11) is 0. The maximum Gasteiger partial charge on any atom is 0.0861 e. The van der Waals surface area contributed by atoms with Crippen LogP contribution in [0.15, 0.2) is 18.2 Å². The van der Waals surface area contributed by atoms with Gasteiger partial charge < -0.3 is 10.2 Å². The van der Waals surface area contributed by atoms with Crippen molar-refractivity contribution in [1.82, 2.24) is 0 Å². The van der Waals surface area contributed by atoms with Gasteiger partial charge in [-0.2, -0.15) is 0 Å². The standard InChI is InChI=1S/C10H14N2.FH/c1-3-12(4-2)9-7-5-6-8-10(9)11-8;/h5-7,11H,3-4H2,1-2H3;1H. The van der Waals surface area contributed by atoms with Crippen LogP contribution in [0.5, 0.6) is 0 Å². The van der Waals surface area contributed by atoms with Gasteiger partial charge in [-0.1, -0.05) is 6.07 Å². The topological polar surface area (TPSA) is 25.2 Å². The SMILES string of the molecule is CCN(CC)c1cccc2c1N2.F. The van der Waals surface area contributed by atoms with Crippen LogP contribution in [0.25, 0.3) is 0 Å². The number of nitrogens with one attached hydrogen (secondary N) is 1. The molecule has 1 heterocycles. The van der Waals surface area contributed by atoms with E-state index < -0.39 is 0 Å². The van der Waals surface area contributed by atoms with Gasteiger partial charge in [-0.15, -0.1) is 0 Å². The zero-order valence-corrected chi connectivity index (χ0v) is 8.00. The van der Waals surface area contributed by atoms with Gasteiger partial charge in [0.05, 0.1) is 17.1 Å². The average Bonchev–Trinajstić information content (AvgIpc) is 2.86. The number of halogens is 1. The van der Waals surface area contributed by atoms with Gasteiger partial charge in [0.1, 0.15) is 0 Å². The number of benzene rings is 1. The molecule has 0 aromatic heterocycles. The Balaban J connectivity index is 0.000000845. The zero-order chi connectivity index (χ0) is 8.55. The normalized spacial score (nSPS) is 10.9. The van der Waals surface area contributed by atoms with Crippen LogP contribution in [0, 0.1) is 0 Å². The lowest BCUT2D eigenvalue weighted by molar-refractivity contribution is 0.870. The van der Waals surface area contributed by atoms with E-state index in [1.54, 1.807) is 0 Å². The van der Waals surface area contributed by atoms with Gasteiger partial charge in [0.25, 0.3) is 0 Å². The van der Waals surface area contributed by atoms with E-state index in [2.05, 4.69) is 42.3 Å². The van der Waals surface area contributed by atoms with Crippen LogP contribution in [0.3, 0.4) is 0 Å². The van der Waals surface area contributed by atoms with Gasteiger partial charge in [0.2, 0.25) is 0 Å². The largest absolute Gasteiger partial charge is 0.370 e. The number of hydrogen-bond donors (Lipinski definition) is 1. The first kappa shape index (κ1) is 9.84. The Morgan fingerprint density at radius 2 is 1.92 bits per heavy atom. The molecule has 0 aliphatic carbocycles.